The van der Waals surface area contributed by atoms with Crippen molar-refractivity contribution < 1.29 is 8.83 Å². The Kier molecular flexibility index (Phi) is 5.02. The quantitative estimate of drug-likeness (QED) is 0.200. The zero-order chi connectivity index (χ0) is 29.5. The van der Waals surface area contributed by atoms with Gasteiger partial charge in [-0.15, -0.1) is 0 Å². The van der Waals surface area contributed by atoms with Gasteiger partial charge in [-0.25, -0.2) is 0 Å². The number of nitrogens with zero attached hydrogens (tertiary/aromatic N) is 3. The average molecular weight is 577 g/mol. The molecule has 5 heterocycles. The topological polar surface area (TPSA) is 47.3 Å². The molecule has 0 unspecified atom stereocenters. The Labute approximate surface area is 258 Å². The molecule has 1 aliphatic rings. The Morgan fingerprint density at radius 1 is 0.533 bits per heavy atom. The monoisotopic (exact) mass is 577 g/mol. The molecular formula is C39H24BN3O2. The first-order chi connectivity index (χ1) is 22.3. The van der Waals surface area contributed by atoms with Crippen molar-refractivity contribution in [3.63, 3.8) is 0 Å². The Hall–Kier alpha value is -6.01. The molecule has 210 valence electrons. The first-order valence-corrected chi connectivity index (χ1v) is 15.2. The lowest BCUT2D eigenvalue weighted by Crippen LogP contribution is -2.58. The Balaban J connectivity index is 1.38. The van der Waals surface area contributed by atoms with Crippen molar-refractivity contribution in [1.29, 1.82) is 0 Å². The first-order valence-electron chi connectivity index (χ1n) is 15.2. The van der Waals surface area contributed by atoms with Gasteiger partial charge in [0.25, 0.3) is 0 Å². The van der Waals surface area contributed by atoms with Gasteiger partial charge in [0.15, 0.2) is 0 Å². The van der Waals surface area contributed by atoms with E-state index >= 15 is 0 Å². The average Bonchev–Trinajstić information content (AvgIpc) is 3.78. The summed E-state index contributed by atoms with van der Waals surface area (Å²) in [5.41, 5.74) is 11.3. The Morgan fingerprint density at radius 2 is 1.24 bits per heavy atom. The van der Waals surface area contributed by atoms with E-state index in [2.05, 4.69) is 136 Å². The number of aromatic nitrogens is 2. The van der Waals surface area contributed by atoms with Crippen LogP contribution in [0.4, 0.5) is 17.1 Å². The summed E-state index contributed by atoms with van der Waals surface area (Å²) in [5.74, 6) is 0. The maximum absolute atomic E-state index is 6.91. The van der Waals surface area contributed by atoms with Gasteiger partial charge in [-0.2, -0.15) is 0 Å². The molecule has 6 heteroatoms. The molecule has 5 nitrogen and oxygen atoms in total. The molecule has 0 atom stereocenters. The van der Waals surface area contributed by atoms with Gasteiger partial charge in [0.05, 0.1) is 16.9 Å². The summed E-state index contributed by atoms with van der Waals surface area (Å²) in [6.07, 6.45) is 3.66. The molecule has 0 bridgehead atoms. The molecule has 45 heavy (non-hydrogen) atoms. The number of para-hydroxylation sites is 3. The fraction of sp³-hybridized carbons (Fsp3) is 0. The summed E-state index contributed by atoms with van der Waals surface area (Å²) >= 11 is 0. The number of anilines is 3. The molecule has 0 radical (unpaired) electrons. The standard InChI is InChI=1S/C39H24BN3O2/c1-3-11-25(12-4-1)40-38-36(28-15-7-9-17-32(28)42(38)26-13-5-2-6-14-26)43(37-29-16-8-10-18-33(29)45-39(37)40)27-19-20-34-30(23-27)31-24-41-22-21-35(31)44-34/h1-24H. The third kappa shape index (κ3) is 3.42. The van der Waals surface area contributed by atoms with E-state index in [1.165, 1.54) is 16.4 Å². The van der Waals surface area contributed by atoms with E-state index < -0.39 is 0 Å². The van der Waals surface area contributed by atoms with Crippen LogP contribution in [0.1, 0.15) is 0 Å². The number of furan rings is 2. The zero-order valence-corrected chi connectivity index (χ0v) is 24.1. The summed E-state index contributed by atoms with van der Waals surface area (Å²) < 4.78 is 15.5. The molecule has 4 aromatic heterocycles. The van der Waals surface area contributed by atoms with Crippen LogP contribution in [0.15, 0.2) is 155 Å². The van der Waals surface area contributed by atoms with E-state index in [-0.39, 0.29) is 6.71 Å². The van der Waals surface area contributed by atoms with Crippen molar-refractivity contribution in [3.8, 4) is 5.69 Å². The van der Waals surface area contributed by atoms with Crippen molar-refractivity contribution in [3.05, 3.63) is 146 Å². The van der Waals surface area contributed by atoms with Crippen LogP contribution in [0.2, 0.25) is 0 Å². The normalized spacial score (nSPS) is 12.8. The first kappa shape index (κ1) is 24.4. The van der Waals surface area contributed by atoms with E-state index in [0.717, 1.165) is 66.8 Å². The van der Waals surface area contributed by atoms with Crippen LogP contribution in [0, 0.1) is 0 Å². The second kappa shape index (κ2) is 9.25. The van der Waals surface area contributed by atoms with Crippen LogP contribution in [0.25, 0.3) is 49.5 Å². The minimum absolute atomic E-state index is 0.143. The van der Waals surface area contributed by atoms with E-state index in [1.807, 2.05) is 18.3 Å². The van der Waals surface area contributed by atoms with Crippen LogP contribution in [0.5, 0.6) is 0 Å². The van der Waals surface area contributed by atoms with E-state index in [9.17, 15) is 0 Å². The van der Waals surface area contributed by atoms with Crippen LogP contribution >= 0.6 is 0 Å². The Morgan fingerprint density at radius 3 is 2.11 bits per heavy atom. The summed E-state index contributed by atoms with van der Waals surface area (Å²) in [5, 5.41) is 4.28. The molecule has 9 aromatic rings. The molecule has 1 aliphatic heterocycles. The van der Waals surface area contributed by atoms with Gasteiger partial charge in [0, 0.05) is 50.9 Å². The highest BCUT2D eigenvalue weighted by Gasteiger charge is 2.44. The fourth-order valence-electron chi connectivity index (χ4n) is 7.27. The largest absolute Gasteiger partial charge is 0.468 e. The van der Waals surface area contributed by atoms with Crippen molar-refractivity contribution in [2.45, 2.75) is 0 Å². The van der Waals surface area contributed by atoms with Crippen LogP contribution < -0.4 is 21.6 Å². The molecule has 0 saturated heterocycles. The van der Waals surface area contributed by atoms with Crippen molar-refractivity contribution in [1.82, 2.24) is 9.55 Å². The molecule has 5 aromatic carbocycles. The van der Waals surface area contributed by atoms with Gasteiger partial charge < -0.3 is 18.3 Å². The van der Waals surface area contributed by atoms with Crippen LogP contribution in [-0.4, -0.2) is 16.3 Å². The lowest BCUT2D eigenvalue weighted by atomic mass is 9.39. The van der Waals surface area contributed by atoms with Gasteiger partial charge in [0.1, 0.15) is 22.4 Å². The minimum Gasteiger partial charge on any atom is -0.468 e. The molecule has 10 rings (SSSR count). The third-order valence-corrected chi connectivity index (χ3v) is 9.12. The van der Waals surface area contributed by atoms with Gasteiger partial charge in [-0.1, -0.05) is 84.3 Å². The fourth-order valence-corrected chi connectivity index (χ4v) is 7.27. The van der Waals surface area contributed by atoms with E-state index in [4.69, 9.17) is 8.83 Å². The number of rotatable bonds is 3. The highest BCUT2D eigenvalue weighted by atomic mass is 16.3. The SMILES string of the molecule is c1ccc(B2c3oc4ccccc4c3N(c3ccc4oc5ccncc5c4c3)c3c2n(-c2ccccc2)c2ccccc32)cc1. The summed E-state index contributed by atoms with van der Waals surface area (Å²) in [6.45, 7) is -0.143. The number of benzene rings is 5. The summed E-state index contributed by atoms with van der Waals surface area (Å²) in [7, 11) is 0. The van der Waals surface area contributed by atoms with Crippen molar-refractivity contribution in [2.24, 2.45) is 0 Å². The molecule has 0 amide bonds. The molecule has 0 saturated carbocycles. The highest BCUT2D eigenvalue weighted by molar-refractivity contribution is 6.97. The van der Waals surface area contributed by atoms with Gasteiger partial charge in [-0.05, 0) is 54.6 Å². The second-order valence-electron chi connectivity index (χ2n) is 11.6. The number of hydrogen-bond donors (Lipinski definition) is 0. The van der Waals surface area contributed by atoms with Crippen LogP contribution in [-0.2, 0) is 0 Å². The zero-order valence-electron chi connectivity index (χ0n) is 24.1. The smallest absolute Gasteiger partial charge is 0.313 e. The van der Waals surface area contributed by atoms with Crippen LogP contribution in [0.3, 0.4) is 0 Å². The van der Waals surface area contributed by atoms with Gasteiger partial charge >= 0.3 is 6.71 Å². The number of hydrogen-bond acceptors (Lipinski definition) is 4. The van der Waals surface area contributed by atoms with Crippen molar-refractivity contribution >= 4 is 84.3 Å². The Bertz CT molecular complexity index is 2570. The minimum atomic E-state index is -0.143. The lowest BCUT2D eigenvalue weighted by Gasteiger charge is -2.33. The van der Waals surface area contributed by atoms with Crippen molar-refractivity contribution in [2.75, 3.05) is 4.90 Å². The molecule has 0 fully saturated rings. The van der Waals surface area contributed by atoms with E-state index in [0.29, 0.717) is 0 Å². The second-order valence-corrected chi connectivity index (χ2v) is 11.6. The predicted octanol–water partition coefficient (Wildman–Crippen LogP) is 7.97. The third-order valence-electron chi connectivity index (χ3n) is 9.12. The van der Waals surface area contributed by atoms with Gasteiger partial charge in [0.2, 0.25) is 0 Å². The molecule has 0 aliphatic carbocycles. The molecule has 0 spiro atoms. The predicted molar refractivity (Wildman–Crippen MR) is 184 cm³/mol. The van der Waals surface area contributed by atoms with E-state index in [1.54, 1.807) is 6.20 Å². The highest BCUT2D eigenvalue weighted by Crippen LogP contribution is 2.46. The maximum Gasteiger partial charge on any atom is 0.313 e. The molecule has 0 N–H and O–H groups in total. The maximum atomic E-state index is 6.91. The molecular weight excluding hydrogens is 553 g/mol. The summed E-state index contributed by atoms with van der Waals surface area (Å²) in [4.78, 5) is 6.82. The lowest BCUT2D eigenvalue weighted by molar-refractivity contribution is 0.651. The number of fused-ring (bicyclic) bond motifs is 9. The summed E-state index contributed by atoms with van der Waals surface area (Å²) in [6, 6.07) is 46.9. The number of pyridine rings is 1. The van der Waals surface area contributed by atoms with Gasteiger partial charge in [-0.3, -0.25) is 4.98 Å².